The van der Waals surface area contributed by atoms with Crippen LogP contribution in [-0.2, 0) is 6.42 Å². The second-order valence-electron chi connectivity index (χ2n) is 4.03. The lowest BCUT2D eigenvalue weighted by Gasteiger charge is -2.10. The van der Waals surface area contributed by atoms with Gasteiger partial charge >= 0.3 is 0 Å². The van der Waals surface area contributed by atoms with Crippen LogP contribution >= 0.6 is 35.8 Å². The molecule has 0 saturated carbocycles. The van der Waals surface area contributed by atoms with Gasteiger partial charge in [-0.25, -0.2) is 0 Å². The molecular weight excluding hydrogens is 305 g/mol. The van der Waals surface area contributed by atoms with E-state index in [1.165, 1.54) is 0 Å². The van der Waals surface area contributed by atoms with Crippen molar-refractivity contribution in [2.75, 3.05) is 6.61 Å². The van der Waals surface area contributed by atoms with Gasteiger partial charge in [0.05, 0.1) is 10.7 Å². The molecule has 2 rings (SSSR count). The van der Waals surface area contributed by atoms with Crippen LogP contribution in [0.15, 0.2) is 23.4 Å². The Kier molecular flexibility index (Phi) is 5.10. The number of hydrogen-bond donors (Lipinski definition) is 2. The average molecular weight is 318 g/mol. The topological polar surface area (TPSA) is 50.9 Å². The van der Waals surface area contributed by atoms with Crippen molar-refractivity contribution >= 4 is 35.8 Å². The van der Waals surface area contributed by atoms with Gasteiger partial charge in [0.1, 0.15) is 5.82 Å². The number of halogens is 2. The zero-order valence-corrected chi connectivity index (χ0v) is 12.5. The number of thiol groups is 1. The highest BCUT2D eigenvalue weighted by molar-refractivity contribution is 7.80. The summed E-state index contributed by atoms with van der Waals surface area (Å²) < 4.78 is 1.79. The Hall–Kier alpha value is -0.750. The minimum atomic E-state index is 0.170. The first kappa shape index (κ1) is 14.7. The summed E-state index contributed by atoms with van der Waals surface area (Å²) in [5.41, 5.74) is 0.750. The normalized spacial score (nSPS) is 10.9. The lowest BCUT2D eigenvalue weighted by Crippen LogP contribution is -2.03. The van der Waals surface area contributed by atoms with E-state index < -0.39 is 0 Å². The van der Waals surface area contributed by atoms with Gasteiger partial charge in [0.2, 0.25) is 0 Å². The second kappa shape index (κ2) is 6.61. The van der Waals surface area contributed by atoms with Gasteiger partial charge in [-0.3, -0.25) is 4.57 Å². The number of nitrogens with zero attached hydrogens (tertiary/aromatic N) is 3. The van der Waals surface area contributed by atoms with E-state index in [1.54, 1.807) is 16.7 Å². The molecule has 0 spiro atoms. The minimum absolute atomic E-state index is 0.170. The van der Waals surface area contributed by atoms with Gasteiger partial charge in [0.15, 0.2) is 5.16 Å². The Labute approximate surface area is 126 Å². The standard InChI is InChI=1S/C12H13Cl2N3OS/c13-8-4-5-10(9(14)7-8)17-11(3-1-2-6-18)15-16-12(17)19/h4-5,7,18H,1-3,6H2,(H,16,19). The molecule has 1 aromatic heterocycles. The molecule has 0 radical (unpaired) electrons. The first-order valence-electron chi connectivity index (χ1n) is 5.83. The Morgan fingerprint density at radius 1 is 1.21 bits per heavy atom. The highest BCUT2D eigenvalue weighted by atomic mass is 35.5. The highest BCUT2D eigenvalue weighted by Gasteiger charge is 2.13. The van der Waals surface area contributed by atoms with Crippen molar-refractivity contribution in [1.82, 2.24) is 14.8 Å². The molecule has 0 aliphatic rings. The molecule has 7 heteroatoms. The molecule has 0 aliphatic carbocycles. The number of aliphatic hydroxyl groups excluding tert-OH is 1. The number of rotatable bonds is 5. The maximum absolute atomic E-state index is 8.82. The summed E-state index contributed by atoms with van der Waals surface area (Å²) in [5, 5.41) is 18.4. The predicted molar refractivity (Wildman–Crippen MR) is 78.7 cm³/mol. The van der Waals surface area contributed by atoms with E-state index in [0.29, 0.717) is 21.6 Å². The maximum atomic E-state index is 8.82. The third-order valence-corrected chi connectivity index (χ3v) is 3.50. The number of aryl methyl sites for hydroxylation is 1. The monoisotopic (exact) mass is 317 g/mol. The molecule has 0 saturated heterocycles. The molecule has 0 unspecified atom stereocenters. The van der Waals surface area contributed by atoms with Crippen LogP contribution in [0.25, 0.3) is 5.69 Å². The van der Waals surface area contributed by atoms with Crippen LogP contribution < -0.4 is 0 Å². The van der Waals surface area contributed by atoms with E-state index in [2.05, 4.69) is 22.8 Å². The number of benzene rings is 1. The van der Waals surface area contributed by atoms with Crippen molar-refractivity contribution in [3.63, 3.8) is 0 Å². The molecule has 1 heterocycles. The SMILES string of the molecule is OCCCCc1nnc(S)n1-c1ccc(Cl)cc1Cl. The third kappa shape index (κ3) is 3.42. The Balaban J connectivity index is 2.35. The summed E-state index contributed by atoms with van der Waals surface area (Å²) in [6.07, 6.45) is 2.25. The molecular formula is C12H13Cl2N3OS. The van der Waals surface area contributed by atoms with E-state index in [1.807, 2.05) is 6.07 Å². The van der Waals surface area contributed by atoms with Gasteiger partial charge in [0.25, 0.3) is 0 Å². The van der Waals surface area contributed by atoms with Crippen LogP contribution in [0.1, 0.15) is 18.7 Å². The Morgan fingerprint density at radius 3 is 2.68 bits per heavy atom. The molecule has 1 N–H and O–H groups in total. The van der Waals surface area contributed by atoms with E-state index in [9.17, 15) is 0 Å². The summed E-state index contributed by atoms with van der Waals surface area (Å²) in [6.45, 7) is 0.170. The van der Waals surface area contributed by atoms with E-state index in [0.717, 1.165) is 24.4 Å². The van der Waals surface area contributed by atoms with Gasteiger partial charge in [0, 0.05) is 18.1 Å². The fourth-order valence-electron chi connectivity index (χ4n) is 1.77. The molecule has 0 fully saturated rings. The lowest BCUT2D eigenvalue weighted by molar-refractivity contribution is 0.284. The first-order valence-corrected chi connectivity index (χ1v) is 7.03. The Morgan fingerprint density at radius 2 is 2.00 bits per heavy atom. The number of aromatic nitrogens is 3. The molecule has 0 amide bonds. The summed E-state index contributed by atoms with van der Waals surface area (Å²) in [4.78, 5) is 0. The predicted octanol–water partition coefficient (Wildman–Crippen LogP) is 3.18. The molecule has 0 bridgehead atoms. The smallest absolute Gasteiger partial charge is 0.192 e. The van der Waals surface area contributed by atoms with Crippen molar-refractivity contribution in [3.8, 4) is 5.69 Å². The quantitative estimate of drug-likeness (QED) is 0.658. The molecule has 2 aromatic rings. The summed E-state index contributed by atoms with van der Waals surface area (Å²) in [7, 11) is 0. The van der Waals surface area contributed by atoms with Gasteiger partial charge in [-0.05, 0) is 31.0 Å². The maximum Gasteiger partial charge on any atom is 0.192 e. The minimum Gasteiger partial charge on any atom is -0.396 e. The van der Waals surface area contributed by atoms with Crippen LogP contribution in [0.4, 0.5) is 0 Å². The second-order valence-corrected chi connectivity index (χ2v) is 5.27. The van der Waals surface area contributed by atoms with Crippen molar-refractivity contribution in [1.29, 1.82) is 0 Å². The van der Waals surface area contributed by atoms with Crippen molar-refractivity contribution in [3.05, 3.63) is 34.1 Å². The van der Waals surface area contributed by atoms with Crippen LogP contribution in [-0.4, -0.2) is 26.5 Å². The highest BCUT2D eigenvalue weighted by Crippen LogP contribution is 2.27. The van der Waals surface area contributed by atoms with Gasteiger partial charge in [-0.2, -0.15) is 0 Å². The molecule has 0 aliphatic heterocycles. The zero-order valence-electron chi connectivity index (χ0n) is 10.1. The fraction of sp³-hybridized carbons (Fsp3) is 0.333. The van der Waals surface area contributed by atoms with Crippen LogP contribution in [0.3, 0.4) is 0 Å². The fourth-order valence-corrected chi connectivity index (χ4v) is 2.53. The van der Waals surface area contributed by atoms with Crippen LogP contribution in [0.2, 0.25) is 10.0 Å². The third-order valence-electron chi connectivity index (χ3n) is 2.67. The molecule has 4 nitrogen and oxygen atoms in total. The molecule has 0 atom stereocenters. The number of unbranched alkanes of at least 4 members (excludes halogenated alkanes) is 1. The van der Waals surface area contributed by atoms with Gasteiger partial charge in [-0.15, -0.1) is 22.8 Å². The largest absolute Gasteiger partial charge is 0.396 e. The first-order chi connectivity index (χ1) is 9.13. The number of aliphatic hydroxyl groups is 1. The zero-order chi connectivity index (χ0) is 13.8. The van der Waals surface area contributed by atoms with Crippen molar-refractivity contribution in [2.45, 2.75) is 24.4 Å². The Bertz CT molecular complexity index is 574. The average Bonchev–Trinajstić information content (AvgIpc) is 2.72. The summed E-state index contributed by atoms with van der Waals surface area (Å²) >= 11 is 16.4. The van der Waals surface area contributed by atoms with E-state index in [-0.39, 0.29) is 6.61 Å². The summed E-state index contributed by atoms with van der Waals surface area (Å²) in [6, 6.07) is 5.24. The molecule has 1 aromatic carbocycles. The lowest BCUT2D eigenvalue weighted by atomic mass is 10.2. The molecule has 19 heavy (non-hydrogen) atoms. The van der Waals surface area contributed by atoms with E-state index >= 15 is 0 Å². The summed E-state index contributed by atoms with van der Waals surface area (Å²) in [5.74, 6) is 0.766. The van der Waals surface area contributed by atoms with Crippen LogP contribution in [0, 0.1) is 0 Å². The van der Waals surface area contributed by atoms with E-state index in [4.69, 9.17) is 28.3 Å². The van der Waals surface area contributed by atoms with Gasteiger partial charge < -0.3 is 5.11 Å². The number of hydrogen-bond acceptors (Lipinski definition) is 4. The van der Waals surface area contributed by atoms with Gasteiger partial charge in [-0.1, -0.05) is 23.2 Å². The van der Waals surface area contributed by atoms with Crippen molar-refractivity contribution in [2.24, 2.45) is 0 Å². The van der Waals surface area contributed by atoms with Crippen LogP contribution in [0.5, 0.6) is 0 Å². The molecule has 102 valence electrons. The van der Waals surface area contributed by atoms with Crippen molar-refractivity contribution < 1.29 is 5.11 Å².